The third-order valence-corrected chi connectivity index (χ3v) is 3.92. The van der Waals surface area contributed by atoms with E-state index in [2.05, 4.69) is 4.98 Å². The second kappa shape index (κ2) is 5.10. The lowest BCUT2D eigenvalue weighted by molar-refractivity contribution is 0.498. The summed E-state index contributed by atoms with van der Waals surface area (Å²) >= 11 is 7.63. The van der Waals surface area contributed by atoms with Gasteiger partial charge in [0.05, 0.1) is 10.4 Å². The molecule has 0 N–H and O–H groups in total. The van der Waals surface area contributed by atoms with Crippen molar-refractivity contribution >= 4 is 22.9 Å². The van der Waals surface area contributed by atoms with E-state index in [1.165, 1.54) is 17.4 Å². The molecule has 1 heterocycles. The Labute approximate surface area is 107 Å². The minimum atomic E-state index is -0.841. The van der Waals surface area contributed by atoms with Crippen molar-refractivity contribution in [3.63, 3.8) is 0 Å². The summed E-state index contributed by atoms with van der Waals surface area (Å²) in [5.74, 6) is -1.66. The van der Waals surface area contributed by atoms with Crippen molar-refractivity contribution in [2.45, 2.75) is 18.7 Å². The van der Waals surface area contributed by atoms with Crippen LogP contribution in [0.5, 0.6) is 0 Å². The molecule has 1 aromatic carbocycles. The van der Waals surface area contributed by atoms with Crippen LogP contribution in [0.2, 0.25) is 0 Å². The van der Waals surface area contributed by atoms with Crippen molar-refractivity contribution in [3.8, 4) is 0 Å². The largest absolute Gasteiger partial charge is 0.250 e. The van der Waals surface area contributed by atoms with E-state index in [1.807, 2.05) is 6.92 Å². The summed E-state index contributed by atoms with van der Waals surface area (Å²) in [7, 11) is 0. The highest BCUT2D eigenvalue weighted by molar-refractivity contribution is 7.11. The van der Waals surface area contributed by atoms with Crippen LogP contribution >= 0.6 is 22.9 Å². The molecule has 0 aliphatic heterocycles. The molecule has 90 valence electrons. The zero-order valence-electron chi connectivity index (χ0n) is 9.08. The Morgan fingerprint density at radius 1 is 1.41 bits per heavy atom. The monoisotopic (exact) mass is 273 g/mol. The number of halogens is 3. The molecule has 2 rings (SSSR count). The Hall–Kier alpha value is -1.00. The SMILES string of the molecule is Cc1ncc(C(Cl)Cc2cccc(F)c2F)s1. The van der Waals surface area contributed by atoms with Gasteiger partial charge in [-0.1, -0.05) is 12.1 Å². The van der Waals surface area contributed by atoms with Gasteiger partial charge in [-0.15, -0.1) is 22.9 Å². The first-order valence-electron chi connectivity index (χ1n) is 5.07. The maximum atomic E-state index is 13.4. The summed E-state index contributed by atoms with van der Waals surface area (Å²) in [4.78, 5) is 4.95. The van der Waals surface area contributed by atoms with Crippen molar-refractivity contribution < 1.29 is 8.78 Å². The number of alkyl halides is 1. The zero-order valence-corrected chi connectivity index (χ0v) is 10.7. The summed E-state index contributed by atoms with van der Waals surface area (Å²) < 4.78 is 26.4. The lowest BCUT2D eigenvalue weighted by Gasteiger charge is -2.08. The number of nitrogens with zero attached hydrogens (tertiary/aromatic N) is 1. The first-order valence-corrected chi connectivity index (χ1v) is 6.32. The van der Waals surface area contributed by atoms with Gasteiger partial charge in [-0.05, 0) is 25.0 Å². The van der Waals surface area contributed by atoms with Crippen molar-refractivity contribution in [2.75, 3.05) is 0 Å². The third kappa shape index (κ3) is 2.82. The quantitative estimate of drug-likeness (QED) is 0.762. The van der Waals surface area contributed by atoms with Crippen LogP contribution in [0.15, 0.2) is 24.4 Å². The third-order valence-electron chi connectivity index (χ3n) is 2.38. The van der Waals surface area contributed by atoms with E-state index in [0.717, 1.165) is 16.0 Å². The standard InChI is InChI=1S/C12H10ClF2NS/c1-7-16-6-11(17-7)9(13)5-8-3-2-4-10(14)12(8)15/h2-4,6,9H,5H2,1H3. The average Bonchev–Trinajstić information content (AvgIpc) is 2.72. The summed E-state index contributed by atoms with van der Waals surface area (Å²) in [6.07, 6.45) is 1.93. The number of rotatable bonds is 3. The van der Waals surface area contributed by atoms with Gasteiger partial charge in [0.1, 0.15) is 0 Å². The molecule has 2 aromatic rings. The van der Waals surface area contributed by atoms with Gasteiger partial charge >= 0.3 is 0 Å². The Morgan fingerprint density at radius 3 is 2.82 bits per heavy atom. The fraction of sp³-hybridized carbons (Fsp3) is 0.250. The van der Waals surface area contributed by atoms with E-state index < -0.39 is 11.6 Å². The van der Waals surface area contributed by atoms with Gasteiger partial charge in [0.2, 0.25) is 0 Å². The van der Waals surface area contributed by atoms with Crippen molar-refractivity contribution in [3.05, 3.63) is 51.5 Å². The molecule has 0 fully saturated rings. The number of hydrogen-bond acceptors (Lipinski definition) is 2. The molecule has 0 spiro atoms. The molecule has 5 heteroatoms. The van der Waals surface area contributed by atoms with Gasteiger partial charge in [-0.2, -0.15) is 0 Å². The summed E-state index contributed by atoms with van der Waals surface area (Å²) in [5, 5.41) is 0.530. The van der Waals surface area contributed by atoms with Gasteiger partial charge in [-0.3, -0.25) is 0 Å². The van der Waals surface area contributed by atoms with E-state index in [0.29, 0.717) is 0 Å². The number of aromatic nitrogens is 1. The molecule has 1 nitrogen and oxygen atoms in total. The fourth-order valence-electron chi connectivity index (χ4n) is 1.52. The van der Waals surface area contributed by atoms with Crippen molar-refractivity contribution in [2.24, 2.45) is 0 Å². The molecule has 0 saturated carbocycles. The maximum Gasteiger partial charge on any atom is 0.162 e. The smallest absolute Gasteiger partial charge is 0.162 e. The normalized spacial score (nSPS) is 12.7. The first kappa shape index (κ1) is 12.5. The highest BCUT2D eigenvalue weighted by Crippen LogP contribution is 2.30. The van der Waals surface area contributed by atoms with Crippen LogP contribution in [0.1, 0.15) is 20.8 Å². The predicted molar refractivity (Wildman–Crippen MR) is 65.5 cm³/mol. The van der Waals surface area contributed by atoms with Gasteiger partial charge in [0.15, 0.2) is 11.6 Å². The molecule has 0 aliphatic carbocycles. The summed E-state index contributed by atoms with van der Waals surface area (Å²) in [6, 6.07) is 4.12. The minimum Gasteiger partial charge on any atom is -0.250 e. The molecule has 1 aromatic heterocycles. The Kier molecular flexibility index (Phi) is 3.74. The Morgan fingerprint density at radius 2 is 2.18 bits per heavy atom. The van der Waals surface area contributed by atoms with E-state index >= 15 is 0 Å². The Bertz CT molecular complexity index is 527. The highest BCUT2D eigenvalue weighted by atomic mass is 35.5. The summed E-state index contributed by atoms with van der Waals surface area (Å²) in [5.41, 5.74) is 0.288. The molecular formula is C12H10ClF2NS. The summed E-state index contributed by atoms with van der Waals surface area (Å²) in [6.45, 7) is 1.88. The van der Waals surface area contributed by atoms with Crippen LogP contribution in [0.25, 0.3) is 0 Å². The molecule has 0 amide bonds. The zero-order chi connectivity index (χ0) is 12.4. The van der Waals surface area contributed by atoms with Crippen molar-refractivity contribution in [1.82, 2.24) is 4.98 Å². The number of hydrogen-bond donors (Lipinski definition) is 0. The maximum absolute atomic E-state index is 13.4. The molecular weight excluding hydrogens is 264 g/mol. The van der Waals surface area contributed by atoms with Crippen LogP contribution in [-0.2, 0) is 6.42 Å². The van der Waals surface area contributed by atoms with E-state index in [-0.39, 0.29) is 17.4 Å². The van der Waals surface area contributed by atoms with Crippen LogP contribution in [0.4, 0.5) is 8.78 Å². The molecule has 0 bridgehead atoms. The molecule has 17 heavy (non-hydrogen) atoms. The minimum absolute atomic E-state index is 0.257. The molecule has 1 atom stereocenters. The molecule has 0 aliphatic rings. The topological polar surface area (TPSA) is 12.9 Å². The number of benzene rings is 1. The van der Waals surface area contributed by atoms with Crippen LogP contribution in [0.3, 0.4) is 0 Å². The van der Waals surface area contributed by atoms with Crippen LogP contribution in [0, 0.1) is 18.6 Å². The molecule has 1 unspecified atom stereocenters. The second-order valence-electron chi connectivity index (χ2n) is 3.67. The van der Waals surface area contributed by atoms with Gasteiger partial charge in [0.25, 0.3) is 0 Å². The lowest BCUT2D eigenvalue weighted by atomic mass is 10.1. The van der Waals surface area contributed by atoms with Gasteiger partial charge in [0, 0.05) is 11.1 Å². The van der Waals surface area contributed by atoms with E-state index in [9.17, 15) is 8.78 Å². The van der Waals surface area contributed by atoms with Gasteiger partial charge in [-0.25, -0.2) is 13.8 Å². The van der Waals surface area contributed by atoms with E-state index in [1.54, 1.807) is 12.3 Å². The van der Waals surface area contributed by atoms with E-state index in [4.69, 9.17) is 11.6 Å². The fourth-order valence-corrected chi connectivity index (χ4v) is 2.64. The van der Waals surface area contributed by atoms with Crippen molar-refractivity contribution in [1.29, 1.82) is 0 Å². The van der Waals surface area contributed by atoms with Gasteiger partial charge < -0.3 is 0 Å². The second-order valence-corrected chi connectivity index (χ2v) is 5.46. The Balaban J connectivity index is 2.18. The number of thiazole rings is 1. The average molecular weight is 274 g/mol. The van der Waals surface area contributed by atoms with Crippen LogP contribution < -0.4 is 0 Å². The first-order chi connectivity index (χ1) is 8.08. The van der Waals surface area contributed by atoms with Crippen LogP contribution in [-0.4, -0.2) is 4.98 Å². The highest BCUT2D eigenvalue weighted by Gasteiger charge is 2.15. The predicted octanol–water partition coefficient (Wildman–Crippen LogP) is 4.25. The lowest BCUT2D eigenvalue weighted by Crippen LogP contribution is -1.98. The number of aryl methyl sites for hydroxylation is 1. The molecule has 0 radical (unpaired) electrons. The molecule has 0 saturated heterocycles.